The maximum absolute atomic E-state index is 12.2. The molecular weight excluding hydrogens is 271 g/mol. The van der Waals surface area contributed by atoms with Gasteiger partial charge in [-0.3, -0.25) is 4.79 Å². The number of amides is 1. The van der Waals surface area contributed by atoms with E-state index in [2.05, 4.69) is 9.97 Å². The lowest BCUT2D eigenvalue weighted by atomic mass is 9.95. The van der Waals surface area contributed by atoms with Gasteiger partial charge in [0.2, 0.25) is 5.91 Å². The van der Waals surface area contributed by atoms with Gasteiger partial charge < -0.3 is 4.90 Å². The van der Waals surface area contributed by atoms with Gasteiger partial charge in [0.25, 0.3) is 0 Å². The molecule has 0 unspecified atom stereocenters. The maximum atomic E-state index is 12.2. The highest BCUT2D eigenvalue weighted by atomic mass is 19.4. The van der Waals surface area contributed by atoms with E-state index in [1.807, 2.05) is 6.92 Å². The van der Waals surface area contributed by atoms with Gasteiger partial charge in [0.1, 0.15) is 12.2 Å². The monoisotopic (exact) mass is 287 g/mol. The average Bonchev–Trinajstić information content (AvgIpc) is 2.37. The van der Waals surface area contributed by atoms with Gasteiger partial charge in [0, 0.05) is 30.9 Å². The summed E-state index contributed by atoms with van der Waals surface area (Å²) in [5.74, 6) is -0.0149. The first-order valence-corrected chi connectivity index (χ1v) is 6.49. The molecule has 0 saturated carbocycles. The predicted octanol–water partition coefficient (Wildman–Crippen LogP) is 2.44. The van der Waals surface area contributed by atoms with Crippen LogP contribution in [-0.4, -0.2) is 40.0 Å². The SMILES string of the molecule is Cc1ccnc(C2CCN(C(=O)CC(F)(F)F)CC2)n1. The van der Waals surface area contributed by atoms with Crippen molar-refractivity contribution >= 4 is 5.91 Å². The molecule has 1 aromatic rings. The second-order valence-corrected chi connectivity index (χ2v) is 5.00. The largest absolute Gasteiger partial charge is 0.397 e. The quantitative estimate of drug-likeness (QED) is 0.839. The lowest BCUT2D eigenvalue weighted by Gasteiger charge is -2.31. The lowest BCUT2D eigenvalue weighted by Crippen LogP contribution is -2.40. The molecular formula is C13H16F3N3O. The Hall–Kier alpha value is -1.66. The Morgan fingerprint density at radius 3 is 2.60 bits per heavy atom. The summed E-state index contributed by atoms with van der Waals surface area (Å²) < 4.78 is 36.5. The van der Waals surface area contributed by atoms with Crippen LogP contribution in [0.25, 0.3) is 0 Å². The van der Waals surface area contributed by atoms with Crippen molar-refractivity contribution in [1.82, 2.24) is 14.9 Å². The third-order valence-electron chi connectivity index (χ3n) is 3.38. The summed E-state index contributed by atoms with van der Waals surface area (Å²) in [6.07, 6.45) is -2.93. The number of halogens is 3. The van der Waals surface area contributed by atoms with Crippen molar-refractivity contribution in [1.29, 1.82) is 0 Å². The van der Waals surface area contributed by atoms with Crippen LogP contribution in [0.2, 0.25) is 0 Å². The highest BCUT2D eigenvalue weighted by molar-refractivity contribution is 5.76. The summed E-state index contributed by atoms with van der Waals surface area (Å²) in [7, 11) is 0. The van der Waals surface area contributed by atoms with Crippen molar-refractivity contribution in [2.24, 2.45) is 0 Å². The first-order valence-electron chi connectivity index (χ1n) is 6.49. The molecule has 1 aliphatic heterocycles. The van der Waals surface area contributed by atoms with Gasteiger partial charge in [-0.2, -0.15) is 13.2 Å². The fraction of sp³-hybridized carbons (Fsp3) is 0.615. The smallest absolute Gasteiger partial charge is 0.342 e. The molecule has 2 rings (SSSR count). The number of nitrogens with zero attached hydrogens (tertiary/aromatic N) is 3. The zero-order valence-electron chi connectivity index (χ0n) is 11.2. The van der Waals surface area contributed by atoms with E-state index in [0.717, 1.165) is 5.69 Å². The molecule has 0 spiro atoms. The third-order valence-corrected chi connectivity index (χ3v) is 3.38. The molecule has 1 fully saturated rings. The molecule has 20 heavy (non-hydrogen) atoms. The molecule has 1 aromatic heterocycles. The van der Waals surface area contributed by atoms with Crippen molar-refractivity contribution in [2.75, 3.05) is 13.1 Å². The van der Waals surface area contributed by atoms with Gasteiger partial charge in [-0.25, -0.2) is 9.97 Å². The van der Waals surface area contributed by atoms with Crippen LogP contribution < -0.4 is 0 Å². The van der Waals surface area contributed by atoms with Crippen LogP contribution in [0.3, 0.4) is 0 Å². The normalized spacial score (nSPS) is 17.3. The molecule has 4 nitrogen and oxygen atoms in total. The Labute approximate surface area is 115 Å². The Bertz CT molecular complexity index is 482. The van der Waals surface area contributed by atoms with Crippen LogP contribution in [0.5, 0.6) is 0 Å². The fourth-order valence-corrected chi connectivity index (χ4v) is 2.34. The molecule has 1 aliphatic rings. The van der Waals surface area contributed by atoms with Crippen LogP contribution in [0.1, 0.15) is 36.7 Å². The van der Waals surface area contributed by atoms with Crippen molar-refractivity contribution < 1.29 is 18.0 Å². The van der Waals surface area contributed by atoms with Crippen LogP contribution in [0.4, 0.5) is 13.2 Å². The topological polar surface area (TPSA) is 46.1 Å². The molecule has 110 valence electrons. The third kappa shape index (κ3) is 3.91. The molecule has 0 N–H and O–H groups in total. The Morgan fingerprint density at radius 1 is 1.40 bits per heavy atom. The molecule has 0 atom stereocenters. The summed E-state index contributed by atoms with van der Waals surface area (Å²) in [4.78, 5) is 21.3. The lowest BCUT2D eigenvalue weighted by molar-refractivity contribution is -0.162. The van der Waals surface area contributed by atoms with Gasteiger partial charge in [-0.15, -0.1) is 0 Å². The molecule has 2 heterocycles. The summed E-state index contributed by atoms with van der Waals surface area (Å²) in [5.41, 5.74) is 0.866. The van der Waals surface area contributed by atoms with E-state index in [4.69, 9.17) is 0 Å². The summed E-state index contributed by atoms with van der Waals surface area (Å²) >= 11 is 0. The summed E-state index contributed by atoms with van der Waals surface area (Å²) in [5, 5.41) is 0. The molecule has 0 radical (unpaired) electrons. The standard InChI is InChI=1S/C13H16F3N3O/c1-9-2-5-17-12(18-9)10-3-6-19(7-4-10)11(20)8-13(14,15)16/h2,5,10H,3-4,6-8H2,1H3. The Morgan fingerprint density at radius 2 is 2.05 bits per heavy atom. The van der Waals surface area contributed by atoms with Crippen molar-refractivity contribution in [3.63, 3.8) is 0 Å². The minimum atomic E-state index is -4.44. The molecule has 7 heteroatoms. The Kier molecular flexibility index (Phi) is 4.25. The molecule has 0 aliphatic carbocycles. The van der Waals surface area contributed by atoms with Crippen molar-refractivity contribution in [3.8, 4) is 0 Å². The number of alkyl halides is 3. The first kappa shape index (κ1) is 14.7. The minimum absolute atomic E-state index is 0.116. The van der Waals surface area contributed by atoms with Crippen LogP contribution in [-0.2, 0) is 4.79 Å². The minimum Gasteiger partial charge on any atom is -0.342 e. The molecule has 1 amide bonds. The van der Waals surface area contributed by atoms with E-state index < -0.39 is 18.5 Å². The van der Waals surface area contributed by atoms with Crippen molar-refractivity contribution in [3.05, 3.63) is 23.8 Å². The number of piperidine rings is 1. The first-order chi connectivity index (χ1) is 9.35. The molecule has 0 aromatic carbocycles. The number of likely N-dealkylation sites (tertiary alicyclic amines) is 1. The summed E-state index contributed by atoms with van der Waals surface area (Å²) in [6, 6.07) is 1.80. The van der Waals surface area contributed by atoms with E-state index in [9.17, 15) is 18.0 Å². The maximum Gasteiger partial charge on any atom is 0.397 e. The summed E-state index contributed by atoms with van der Waals surface area (Å²) in [6.45, 7) is 2.53. The van der Waals surface area contributed by atoms with Crippen LogP contribution in [0.15, 0.2) is 12.3 Å². The predicted molar refractivity (Wildman–Crippen MR) is 66.0 cm³/mol. The highest BCUT2D eigenvalue weighted by Gasteiger charge is 2.35. The van der Waals surface area contributed by atoms with Crippen LogP contribution in [0, 0.1) is 6.92 Å². The molecule has 1 saturated heterocycles. The van der Waals surface area contributed by atoms with Gasteiger partial charge in [-0.1, -0.05) is 0 Å². The van der Waals surface area contributed by atoms with E-state index in [0.29, 0.717) is 31.8 Å². The number of rotatable bonds is 2. The van der Waals surface area contributed by atoms with Gasteiger partial charge in [0.05, 0.1) is 0 Å². The van der Waals surface area contributed by atoms with Crippen LogP contribution >= 0.6 is 0 Å². The zero-order chi connectivity index (χ0) is 14.8. The second kappa shape index (κ2) is 5.76. The van der Waals surface area contributed by atoms with E-state index in [1.165, 1.54) is 4.90 Å². The van der Waals surface area contributed by atoms with Gasteiger partial charge in [-0.05, 0) is 25.8 Å². The zero-order valence-corrected chi connectivity index (χ0v) is 11.2. The van der Waals surface area contributed by atoms with Crippen molar-refractivity contribution in [2.45, 2.75) is 38.3 Å². The number of aromatic nitrogens is 2. The number of hydrogen-bond donors (Lipinski definition) is 0. The van der Waals surface area contributed by atoms with E-state index in [1.54, 1.807) is 12.3 Å². The highest BCUT2D eigenvalue weighted by Crippen LogP contribution is 2.27. The van der Waals surface area contributed by atoms with Gasteiger partial charge >= 0.3 is 6.18 Å². The fourth-order valence-electron chi connectivity index (χ4n) is 2.34. The molecule has 0 bridgehead atoms. The number of aryl methyl sites for hydroxylation is 1. The number of carbonyl (C=O) groups is 1. The van der Waals surface area contributed by atoms with Gasteiger partial charge in [0.15, 0.2) is 0 Å². The average molecular weight is 287 g/mol. The van der Waals surface area contributed by atoms with E-state index >= 15 is 0 Å². The van der Waals surface area contributed by atoms with E-state index in [-0.39, 0.29) is 5.92 Å². The second-order valence-electron chi connectivity index (χ2n) is 5.00. The Balaban J connectivity index is 1.91. The number of carbonyl (C=O) groups excluding carboxylic acids is 1. The number of hydrogen-bond acceptors (Lipinski definition) is 3.